The Morgan fingerprint density at radius 1 is 0.920 bits per heavy atom. The zero-order valence-electron chi connectivity index (χ0n) is 13.4. The lowest BCUT2D eigenvalue weighted by atomic mass is 9.90. The molecule has 0 atom stereocenters. The molecule has 3 rings (SSSR count). The average molecular weight is 369 g/mol. The van der Waals surface area contributed by atoms with E-state index < -0.39 is 21.8 Å². The van der Waals surface area contributed by atoms with Crippen molar-refractivity contribution in [3.8, 4) is 0 Å². The van der Waals surface area contributed by atoms with E-state index in [0.717, 1.165) is 12.1 Å². The molecule has 1 aliphatic heterocycles. The number of rotatable bonds is 3. The summed E-state index contributed by atoms with van der Waals surface area (Å²) in [7, 11) is -3.92. The van der Waals surface area contributed by atoms with Crippen LogP contribution in [0, 0.1) is 0 Å². The van der Waals surface area contributed by atoms with Crippen molar-refractivity contribution in [3.05, 3.63) is 65.7 Å². The van der Waals surface area contributed by atoms with Crippen molar-refractivity contribution >= 4 is 10.0 Å². The van der Waals surface area contributed by atoms with Crippen LogP contribution in [-0.4, -0.2) is 25.8 Å². The normalized spacial score (nSPS) is 17.6. The first-order valence-corrected chi connectivity index (χ1v) is 9.45. The third-order valence-corrected chi connectivity index (χ3v) is 6.42. The maximum Gasteiger partial charge on any atom is 0.416 e. The van der Waals surface area contributed by atoms with Gasteiger partial charge in [0.05, 0.1) is 10.5 Å². The van der Waals surface area contributed by atoms with Gasteiger partial charge in [-0.15, -0.1) is 0 Å². The number of hydrogen-bond acceptors (Lipinski definition) is 2. The lowest BCUT2D eigenvalue weighted by Gasteiger charge is -2.31. The highest BCUT2D eigenvalue weighted by atomic mass is 32.2. The Balaban J connectivity index is 1.76. The van der Waals surface area contributed by atoms with E-state index in [1.54, 1.807) is 0 Å². The minimum Gasteiger partial charge on any atom is -0.207 e. The lowest BCUT2D eigenvalue weighted by molar-refractivity contribution is -0.137. The second-order valence-electron chi connectivity index (χ2n) is 6.11. The molecule has 1 aliphatic rings. The highest BCUT2D eigenvalue weighted by Crippen LogP contribution is 2.33. The third-order valence-electron chi connectivity index (χ3n) is 4.52. The molecule has 7 heteroatoms. The number of piperidine rings is 1. The van der Waals surface area contributed by atoms with E-state index in [1.807, 2.05) is 30.3 Å². The van der Waals surface area contributed by atoms with Gasteiger partial charge in [0, 0.05) is 13.1 Å². The number of hydrogen-bond donors (Lipinski definition) is 0. The van der Waals surface area contributed by atoms with Crippen molar-refractivity contribution in [2.24, 2.45) is 0 Å². The fourth-order valence-electron chi connectivity index (χ4n) is 3.14. The molecule has 2 aromatic rings. The van der Waals surface area contributed by atoms with E-state index in [4.69, 9.17) is 0 Å². The van der Waals surface area contributed by atoms with Gasteiger partial charge >= 0.3 is 6.18 Å². The van der Waals surface area contributed by atoms with Crippen LogP contribution in [0.1, 0.15) is 29.9 Å². The Morgan fingerprint density at radius 2 is 1.56 bits per heavy atom. The highest BCUT2D eigenvalue weighted by Gasteiger charge is 2.34. The molecule has 0 radical (unpaired) electrons. The van der Waals surface area contributed by atoms with Crippen molar-refractivity contribution in [2.75, 3.05) is 13.1 Å². The van der Waals surface area contributed by atoms with Crippen molar-refractivity contribution in [1.82, 2.24) is 4.31 Å². The molecule has 0 spiro atoms. The van der Waals surface area contributed by atoms with E-state index in [0.29, 0.717) is 32.0 Å². The van der Waals surface area contributed by atoms with Crippen LogP contribution < -0.4 is 0 Å². The summed E-state index contributed by atoms with van der Waals surface area (Å²) in [5.74, 6) is 0.272. The van der Waals surface area contributed by atoms with E-state index >= 15 is 0 Å². The first-order valence-electron chi connectivity index (χ1n) is 8.01. The minimum absolute atomic E-state index is 0.272. The minimum atomic E-state index is -4.56. The van der Waals surface area contributed by atoms with Crippen LogP contribution in [0.3, 0.4) is 0 Å². The van der Waals surface area contributed by atoms with Crippen LogP contribution in [0.25, 0.3) is 0 Å². The van der Waals surface area contributed by atoms with Gasteiger partial charge in [0.1, 0.15) is 0 Å². The Bertz CT molecular complexity index is 827. The molecule has 0 saturated carbocycles. The van der Waals surface area contributed by atoms with Crippen molar-refractivity contribution in [1.29, 1.82) is 0 Å². The zero-order valence-corrected chi connectivity index (χ0v) is 14.2. The summed E-state index contributed by atoms with van der Waals surface area (Å²) in [6, 6.07) is 13.8. The number of nitrogens with zero attached hydrogens (tertiary/aromatic N) is 1. The van der Waals surface area contributed by atoms with E-state index in [-0.39, 0.29) is 10.8 Å². The molecule has 25 heavy (non-hydrogen) atoms. The maximum absolute atomic E-state index is 12.8. The molecular formula is C18H18F3NO2S. The zero-order chi connectivity index (χ0) is 18.1. The summed E-state index contributed by atoms with van der Waals surface area (Å²) in [5.41, 5.74) is 0.214. The number of alkyl halides is 3. The van der Waals surface area contributed by atoms with Gasteiger partial charge < -0.3 is 0 Å². The molecule has 1 heterocycles. The molecule has 0 aliphatic carbocycles. The van der Waals surface area contributed by atoms with Gasteiger partial charge in [-0.3, -0.25) is 0 Å². The molecule has 3 nitrogen and oxygen atoms in total. The summed E-state index contributed by atoms with van der Waals surface area (Å²) >= 11 is 0. The molecule has 134 valence electrons. The van der Waals surface area contributed by atoms with Crippen molar-refractivity contribution in [2.45, 2.75) is 29.8 Å². The molecule has 0 N–H and O–H groups in total. The van der Waals surface area contributed by atoms with Crippen LogP contribution in [0.5, 0.6) is 0 Å². The molecular weight excluding hydrogens is 351 g/mol. The fraction of sp³-hybridized carbons (Fsp3) is 0.333. The lowest BCUT2D eigenvalue weighted by Crippen LogP contribution is -2.38. The summed E-state index contributed by atoms with van der Waals surface area (Å²) in [5, 5.41) is 0. The SMILES string of the molecule is O=S(=O)(c1cccc(C(F)(F)F)c1)N1CCC(c2ccccc2)CC1. The van der Waals surface area contributed by atoms with Gasteiger partial charge in [-0.25, -0.2) is 8.42 Å². The van der Waals surface area contributed by atoms with Gasteiger partial charge in [-0.2, -0.15) is 17.5 Å². The summed E-state index contributed by atoms with van der Waals surface area (Å²) in [6.45, 7) is 0.607. The molecule has 1 fully saturated rings. The van der Waals surface area contributed by atoms with Crippen LogP contribution in [0.15, 0.2) is 59.5 Å². The van der Waals surface area contributed by atoms with Crippen LogP contribution in [0.2, 0.25) is 0 Å². The molecule has 0 bridgehead atoms. The van der Waals surface area contributed by atoms with E-state index in [2.05, 4.69) is 0 Å². The largest absolute Gasteiger partial charge is 0.416 e. The van der Waals surface area contributed by atoms with Gasteiger partial charge in [-0.05, 0) is 42.5 Å². The molecule has 0 amide bonds. The highest BCUT2D eigenvalue weighted by molar-refractivity contribution is 7.89. The second-order valence-corrected chi connectivity index (χ2v) is 8.05. The smallest absolute Gasteiger partial charge is 0.207 e. The second kappa shape index (κ2) is 6.80. The van der Waals surface area contributed by atoms with Crippen LogP contribution in [-0.2, 0) is 16.2 Å². The quantitative estimate of drug-likeness (QED) is 0.810. The number of halogens is 3. The van der Waals surface area contributed by atoms with E-state index in [9.17, 15) is 21.6 Å². The monoisotopic (exact) mass is 369 g/mol. The standard InChI is InChI=1S/C18H18F3NO2S/c19-18(20,21)16-7-4-8-17(13-16)25(23,24)22-11-9-15(10-12-22)14-5-2-1-3-6-14/h1-8,13,15H,9-12H2. The van der Waals surface area contributed by atoms with Crippen LogP contribution >= 0.6 is 0 Å². The fourth-order valence-corrected chi connectivity index (χ4v) is 4.65. The third kappa shape index (κ3) is 3.88. The average Bonchev–Trinajstić information content (AvgIpc) is 2.62. The first-order chi connectivity index (χ1) is 11.8. The Morgan fingerprint density at radius 3 is 2.16 bits per heavy atom. The molecule has 1 saturated heterocycles. The Kier molecular flexibility index (Phi) is 4.88. The Hall–Kier alpha value is -1.86. The van der Waals surface area contributed by atoms with Gasteiger partial charge in [0.25, 0.3) is 0 Å². The van der Waals surface area contributed by atoms with Crippen LogP contribution in [0.4, 0.5) is 13.2 Å². The summed E-state index contributed by atoms with van der Waals surface area (Å²) in [6.07, 6.45) is -3.25. The van der Waals surface area contributed by atoms with Crippen molar-refractivity contribution < 1.29 is 21.6 Å². The van der Waals surface area contributed by atoms with Gasteiger partial charge in [0.2, 0.25) is 10.0 Å². The van der Waals surface area contributed by atoms with Gasteiger partial charge in [0.15, 0.2) is 0 Å². The van der Waals surface area contributed by atoms with E-state index in [1.165, 1.54) is 15.9 Å². The van der Waals surface area contributed by atoms with Crippen molar-refractivity contribution in [3.63, 3.8) is 0 Å². The predicted octanol–water partition coefficient (Wildman–Crippen LogP) is 4.27. The van der Waals surface area contributed by atoms with Gasteiger partial charge in [-0.1, -0.05) is 36.4 Å². The molecule has 2 aromatic carbocycles. The number of benzene rings is 2. The number of sulfonamides is 1. The predicted molar refractivity (Wildman–Crippen MR) is 88.6 cm³/mol. The Labute approximate surface area is 145 Å². The molecule has 0 aromatic heterocycles. The summed E-state index contributed by atoms with van der Waals surface area (Å²) < 4.78 is 65.1. The molecule has 0 unspecified atom stereocenters. The first kappa shape index (κ1) is 17.9. The summed E-state index contributed by atoms with van der Waals surface area (Å²) in [4.78, 5) is -0.305. The topological polar surface area (TPSA) is 37.4 Å². The maximum atomic E-state index is 12.8.